The zero-order valence-corrected chi connectivity index (χ0v) is 18.6. The van der Waals surface area contributed by atoms with Crippen molar-refractivity contribution in [2.75, 3.05) is 13.7 Å². The maximum absolute atomic E-state index is 13.6. The summed E-state index contributed by atoms with van der Waals surface area (Å²) >= 11 is 0. The highest BCUT2D eigenvalue weighted by Gasteiger charge is 2.61. The summed E-state index contributed by atoms with van der Waals surface area (Å²) in [6.07, 6.45) is -0.0792. The van der Waals surface area contributed by atoms with Crippen LogP contribution < -0.4 is 9.47 Å². The third-order valence-electron chi connectivity index (χ3n) is 7.37. The van der Waals surface area contributed by atoms with Gasteiger partial charge in [-0.2, -0.15) is 0 Å². The van der Waals surface area contributed by atoms with Crippen LogP contribution in [0.1, 0.15) is 40.5 Å². The highest BCUT2D eigenvalue weighted by atomic mass is 16.6. The van der Waals surface area contributed by atoms with Gasteiger partial charge in [-0.05, 0) is 34.4 Å². The Kier molecular flexibility index (Phi) is 4.76. The first-order valence-electron chi connectivity index (χ1n) is 11.5. The highest BCUT2D eigenvalue weighted by Crippen LogP contribution is 2.60. The molecule has 1 aliphatic heterocycles. The van der Waals surface area contributed by atoms with Crippen molar-refractivity contribution in [3.05, 3.63) is 95.1 Å². The van der Waals surface area contributed by atoms with Crippen molar-refractivity contribution in [3.8, 4) is 11.5 Å². The lowest BCUT2D eigenvalue weighted by Gasteiger charge is -2.45. The second kappa shape index (κ2) is 7.83. The molecule has 0 saturated carbocycles. The molecule has 0 radical (unpaired) electrons. The van der Waals surface area contributed by atoms with E-state index >= 15 is 0 Å². The van der Waals surface area contributed by atoms with E-state index in [9.17, 15) is 14.4 Å². The Morgan fingerprint density at radius 2 is 1.18 bits per heavy atom. The molecule has 6 heteroatoms. The number of hydrogen-bond donors (Lipinski definition) is 0. The molecule has 3 aromatic rings. The third-order valence-corrected chi connectivity index (χ3v) is 7.37. The van der Waals surface area contributed by atoms with Crippen LogP contribution in [-0.4, -0.2) is 36.3 Å². The molecule has 0 N–H and O–H groups in total. The molecule has 4 aliphatic rings. The lowest BCUT2D eigenvalue weighted by Crippen LogP contribution is -2.41. The number of likely N-dealkylation sites (tertiary alicyclic amines) is 1. The fourth-order valence-electron chi connectivity index (χ4n) is 6.04. The summed E-state index contributed by atoms with van der Waals surface area (Å²) in [6.45, 7) is 0.00474. The first kappa shape index (κ1) is 20.7. The zero-order chi connectivity index (χ0) is 23.4. The number of ether oxygens (including phenoxy) is 2. The van der Waals surface area contributed by atoms with Gasteiger partial charge < -0.3 is 9.47 Å². The van der Waals surface area contributed by atoms with E-state index < -0.39 is 17.8 Å². The van der Waals surface area contributed by atoms with Gasteiger partial charge in [-0.1, -0.05) is 60.7 Å². The minimum absolute atomic E-state index is 0.00474. The summed E-state index contributed by atoms with van der Waals surface area (Å²) in [5, 5.41) is 0. The Balaban J connectivity index is 1.27. The number of carbonyl (C=O) groups excluding carboxylic acids is 3. The number of rotatable bonds is 5. The average molecular weight is 453 g/mol. The van der Waals surface area contributed by atoms with E-state index in [1.807, 2.05) is 24.3 Å². The second-order valence-corrected chi connectivity index (χ2v) is 8.97. The van der Waals surface area contributed by atoms with Gasteiger partial charge in [0.15, 0.2) is 11.5 Å². The van der Waals surface area contributed by atoms with E-state index in [0.29, 0.717) is 11.5 Å². The maximum Gasteiger partial charge on any atom is 0.313 e. The van der Waals surface area contributed by atoms with E-state index in [1.54, 1.807) is 24.3 Å². The molecule has 3 aromatic carbocycles. The van der Waals surface area contributed by atoms with E-state index in [0.717, 1.165) is 22.3 Å². The van der Waals surface area contributed by atoms with Crippen molar-refractivity contribution in [3.63, 3.8) is 0 Å². The normalized spacial score (nSPS) is 23.9. The summed E-state index contributed by atoms with van der Waals surface area (Å²) < 4.78 is 10.6. The standard InChI is InChI=1S/C28H23NO5/c1-33-20-12-6-7-13-21(20)34-22(30)14-15-29-27(31)25-23-16-8-2-3-9-17(16)24(26(25)28(29)32)19-11-5-4-10-18(19)23/h2-13,23-26H,14-15H2,1H3/t23?,24?,25-,26-/m1/s1. The predicted octanol–water partition coefficient (Wildman–Crippen LogP) is 3.88. The van der Waals surface area contributed by atoms with Crippen LogP contribution in [0.4, 0.5) is 0 Å². The van der Waals surface area contributed by atoms with Crippen molar-refractivity contribution in [1.29, 1.82) is 0 Å². The summed E-state index contributed by atoms with van der Waals surface area (Å²) in [6, 6.07) is 23.1. The van der Waals surface area contributed by atoms with E-state index in [1.165, 1.54) is 12.0 Å². The molecule has 6 nitrogen and oxygen atoms in total. The fraction of sp³-hybridized carbons (Fsp3) is 0.250. The van der Waals surface area contributed by atoms with Crippen LogP contribution in [0, 0.1) is 11.8 Å². The first-order chi connectivity index (χ1) is 16.6. The number of nitrogens with zero attached hydrogens (tertiary/aromatic N) is 1. The smallest absolute Gasteiger partial charge is 0.313 e. The van der Waals surface area contributed by atoms with Crippen LogP contribution in [0.3, 0.4) is 0 Å². The molecule has 1 saturated heterocycles. The van der Waals surface area contributed by atoms with Gasteiger partial charge in [0.2, 0.25) is 11.8 Å². The molecule has 3 aliphatic carbocycles. The number of benzene rings is 3. The number of para-hydroxylation sites is 2. The SMILES string of the molecule is COc1ccccc1OC(=O)CCN1C(=O)[C@@H]2C3c4ccccc4C(c4ccccc43)[C@H]2C1=O. The molecular formula is C28H23NO5. The highest BCUT2D eigenvalue weighted by molar-refractivity contribution is 6.07. The molecule has 2 amide bonds. The number of imide groups is 1. The van der Waals surface area contributed by atoms with Gasteiger partial charge in [0.05, 0.1) is 25.4 Å². The molecule has 0 aromatic heterocycles. The van der Waals surface area contributed by atoms with Crippen molar-refractivity contribution in [2.45, 2.75) is 18.3 Å². The number of methoxy groups -OCH3 is 1. The lowest BCUT2D eigenvalue weighted by molar-refractivity contribution is -0.141. The first-order valence-corrected chi connectivity index (χ1v) is 11.5. The topological polar surface area (TPSA) is 72.9 Å². The summed E-state index contributed by atoms with van der Waals surface area (Å²) in [4.78, 5) is 40.9. The molecule has 0 unspecified atom stereocenters. The molecule has 1 heterocycles. The number of esters is 1. The van der Waals surface area contributed by atoms with Crippen LogP contribution in [0.2, 0.25) is 0 Å². The van der Waals surface area contributed by atoms with Gasteiger partial charge in [0, 0.05) is 18.4 Å². The molecule has 0 spiro atoms. The molecule has 34 heavy (non-hydrogen) atoms. The largest absolute Gasteiger partial charge is 0.493 e. The lowest BCUT2D eigenvalue weighted by atomic mass is 9.55. The monoisotopic (exact) mass is 453 g/mol. The van der Waals surface area contributed by atoms with Crippen LogP contribution in [0.15, 0.2) is 72.8 Å². The van der Waals surface area contributed by atoms with Gasteiger partial charge in [-0.25, -0.2) is 0 Å². The molecule has 170 valence electrons. The Morgan fingerprint density at radius 1 is 0.735 bits per heavy atom. The maximum atomic E-state index is 13.6. The fourth-order valence-corrected chi connectivity index (χ4v) is 6.04. The Bertz CT molecular complexity index is 1220. The van der Waals surface area contributed by atoms with Crippen molar-refractivity contribution < 1.29 is 23.9 Å². The van der Waals surface area contributed by atoms with Crippen LogP contribution in [0.25, 0.3) is 0 Å². The third kappa shape index (κ3) is 2.91. The van der Waals surface area contributed by atoms with Crippen molar-refractivity contribution >= 4 is 17.8 Å². The van der Waals surface area contributed by atoms with E-state index in [-0.39, 0.29) is 36.6 Å². The molecule has 7 rings (SSSR count). The van der Waals surface area contributed by atoms with Crippen molar-refractivity contribution in [1.82, 2.24) is 4.90 Å². The van der Waals surface area contributed by atoms with Crippen LogP contribution in [-0.2, 0) is 14.4 Å². The number of carbonyl (C=O) groups is 3. The van der Waals surface area contributed by atoms with Crippen LogP contribution >= 0.6 is 0 Å². The minimum Gasteiger partial charge on any atom is -0.493 e. The minimum atomic E-state index is -0.519. The summed E-state index contributed by atoms with van der Waals surface area (Å²) in [5.74, 6) is -1.32. The Morgan fingerprint density at radius 3 is 1.65 bits per heavy atom. The van der Waals surface area contributed by atoms with Crippen molar-refractivity contribution in [2.24, 2.45) is 11.8 Å². The van der Waals surface area contributed by atoms with Gasteiger partial charge >= 0.3 is 5.97 Å². The number of hydrogen-bond acceptors (Lipinski definition) is 5. The summed E-state index contributed by atoms with van der Waals surface area (Å²) in [5.41, 5.74) is 4.52. The molecule has 2 atom stereocenters. The van der Waals surface area contributed by atoms with Crippen LogP contribution in [0.5, 0.6) is 11.5 Å². The van der Waals surface area contributed by atoms with E-state index in [4.69, 9.17) is 9.47 Å². The Hall–Kier alpha value is -3.93. The molecular weight excluding hydrogens is 430 g/mol. The quantitative estimate of drug-likeness (QED) is 0.333. The average Bonchev–Trinajstić information content (AvgIpc) is 3.13. The van der Waals surface area contributed by atoms with Gasteiger partial charge in [-0.3, -0.25) is 19.3 Å². The second-order valence-electron chi connectivity index (χ2n) is 8.97. The Labute approximate surface area is 197 Å². The zero-order valence-electron chi connectivity index (χ0n) is 18.6. The van der Waals surface area contributed by atoms with Gasteiger partial charge in [0.1, 0.15) is 0 Å². The molecule has 2 bridgehead atoms. The molecule has 1 fully saturated rings. The van der Waals surface area contributed by atoms with E-state index in [2.05, 4.69) is 24.3 Å². The summed E-state index contributed by atoms with van der Waals surface area (Å²) in [7, 11) is 1.50. The number of amides is 2. The van der Waals surface area contributed by atoms with Gasteiger partial charge in [-0.15, -0.1) is 0 Å². The predicted molar refractivity (Wildman–Crippen MR) is 124 cm³/mol. The van der Waals surface area contributed by atoms with Gasteiger partial charge in [0.25, 0.3) is 0 Å².